The van der Waals surface area contributed by atoms with Crippen molar-refractivity contribution >= 4 is 11.8 Å². The number of rotatable bonds is 13. The highest BCUT2D eigenvalue weighted by atomic mass is 16.5. The fourth-order valence-corrected chi connectivity index (χ4v) is 3.57. The quantitative estimate of drug-likeness (QED) is 0.411. The lowest BCUT2D eigenvalue weighted by Gasteiger charge is -2.31. The lowest BCUT2D eigenvalue weighted by Crippen LogP contribution is -2.47. The maximum Gasteiger partial charge on any atom is 0.242 e. The molecule has 0 saturated heterocycles. The predicted octanol–water partition coefficient (Wildman–Crippen LogP) is 3.78. The summed E-state index contributed by atoms with van der Waals surface area (Å²) in [5.74, 6) is 1.79. The first kappa shape index (κ1) is 27.2. The van der Waals surface area contributed by atoms with Gasteiger partial charge in [-0.1, -0.05) is 26.8 Å². The summed E-state index contributed by atoms with van der Waals surface area (Å²) in [6.07, 6.45) is 2.87. The van der Waals surface area contributed by atoms with E-state index in [9.17, 15) is 9.59 Å². The fourth-order valence-electron chi connectivity index (χ4n) is 3.57. The summed E-state index contributed by atoms with van der Waals surface area (Å²) in [5, 5.41) is 0. The van der Waals surface area contributed by atoms with E-state index in [4.69, 9.17) is 18.6 Å². The minimum atomic E-state index is -0.584. The highest BCUT2D eigenvalue weighted by Crippen LogP contribution is 2.28. The monoisotopic (exact) mass is 474 g/mol. The van der Waals surface area contributed by atoms with E-state index in [1.54, 1.807) is 43.5 Å². The molecule has 0 aliphatic rings. The predicted molar refractivity (Wildman–Crippen MR) is 130 cm³/mol. The zero-order chi connectivity index (χ0) is 25.1. The number of carbonyl (C=O) groups excluding carboxylic acids is 2. The summed E-state index contributed by atoms with van der Waals surface area (Å²) in [5.41, 5.74) is 0.427. The van der Waals surface area contributed by atoms with Gasteiger partial charge in [0.05, 0.1) is 33.6 Å². The molecule has 0 bridgehead atoms. The normalized spacial score (nSPS) is 11.2. The number of ether oxygens (including phenoxy) is 3. The summed E-state index contributed by atoms with van der Waals surface area (Å²) in [6, 6.07) is 9.36. The average molecular weight is 475 g/mol. The smallest absolute Gasteiger partial charge is 0.242 e. The Morgan fingerprint density at radius 3 is 2.29 bits per heavy atom. The van der Waals surface area contributed by atoms with Crippen LogP contribution >= 0.6 is 0 Å². The van der Waals surface area contributed by atoms with Gasteiger partial charge in [0.15, 0.2) is 11.5 Å². The van der Waals surface area contributed by atoms with Crippen LogP contribution in [0, 0.1) is 5.41 Å². The summed E-state index contributed by atoms with van der Waals surface area (Å²) < 4.78 is 21.3. The molecule has 0 radical (unpaired) electrons. The standard InChI is InChI=1S/C26H38N2O6/c1-26(2,3)25(30)28(13-8-15-31-4)19-24(29)27(18-21-9-7-16-34-21)14-12-20-10-11-22(32-5)23(17-20)33-6/h7,9-11,16-17H,8,12-15,18-19H2,1-6H3. The molecule has 0 N–H and O–H groups in total. The van der Waals surface area contributed by atoms with Gasteiger partial charge < -0.3 is 28.4 Å². The number of methoxy groups -OCH3 is 3. The Kier molecular flexibility index (Phi) is 10.4. The van der Waals surface area contributed by atoms with E-state index in [-0.39, 0.29) is 18.4 Å². The zero-order valence-corrected chi connectivity index (χ0v) is 21.3. The molecule has 1 aromatic heterocycles. The van der Waals surface area contributed by atoms with Gasteiger partial charge in [-0.25, -0.2) is 0 Å². The van der Waals surface area contributed by atoms with E-state index in [2.05, 4.69) is 0 Å². The second-order valence-corrected chi connectivity index (χ2v) is 9.16. The Bertz CT molecular complexity index is 905. The molecule has 0 spiro atoms. The molecular weight excluding hydrogens is 436 g/mol. The fraction of sp³-hybridized carbons (Fsp3) is 0.538. The lowest BCUT2D eigenvalue weighted by molar-refractivity contribution is -0.146. The number of nitrogens with zero attached hydrogens (tertiary/aromatic N) is 2. The number of benzene rings is 1. The van der Waals surface area contributed by atoms with Crippen LogP contribution in [-0.4, -0.2) is 69.2 Å². The molecule has 0 aliphatic carbocycles. The molecule has 34 heavy (non-hydrogen) atoms. The van der Waals surface area contributed by atoms with Gasteiger partial charge in [0.1, 0.15) is 5.76 Å². The molecule has 2 rings (SSSR count). The Balaban J connectivity index is 2.17. The van der Waals surface area contributed by atoms with Crippen LogP contribution in [0.25, 0.3) is 0 Å². The molecule has 2 aromatic rings. The van der Waals surface area contributed by atoms with Crippen molar-refractivity contribution in [3.8, 4) is 11.5 Å². The van der Waals surface area contributed by atoms with Crippen LogP contribution in [0.1, 0.15) is 38.5 Å². The van der Waals surface area contributed by atoms with Crippen molar-refractivity contribution in [2.24, 2.45) is 5.41 Å². The van der Waals surface area contributed by atoms with E-state index in [0.717, 1.165) is 5.56 Å². The third kappa shape index (κ3) is 8.09. The highest BCUT2D eigenvalue weighted by molar-refractivity contribution is 5.87. The summed E-state index contributed by atoms with van der Waals surface area (Å²) in [7, 11) is 4.82. The largest absolute Gasteiger partial charge is 0.493 e. The van der Waals surface area contributed by atoms with Gasteiger partial charge in [-0.15, -0.1) is 0 Å². The maximum absolute atomic E-state index is 13.4. The number of furan rings is 1. The second-order valence-electron chi connectivity index (χ2n) is 9.16. The van der Waals surface area contributed by atoms with E-state index in [1.807, 2.05) is 45.0 Å². The summed E-state index contributed by atoms with van der Waals surface area (Å²) >= 11 is 0. The first-order valence-corrected chi connectivity index (χ1v) is 11.5. The number of hydrogen-bond donors (Lipinski definition) is 0. The minimum Gasteiger partial charge on any atom is -0.493 e. The molecule has 1 aromatic carbocycles. The van der Waals surface area contributed by atoms with E-state index in [0.29, 0.717) is 56.3 Å². The molecule has 8 nitrogen and oxygen atoms in total. The van der Waals surface area contributed by atoms with E-state index >= 15 is 0 Å². The first-order valence-electron chi connectivity index (χ1n) is 11.5. The van der Waals surface area contributed by atoms with Crippen molar-refractivity contribution in [1.82, 2.24) is 9.80 Å². The van der Waals surface area contributed by atoms with Gasteiger partial charge in [0.25, 0.3) is 0 Å². The van der Waals surface area contributed by atoms with Crippen LogP contribution in [0.3, 0.4) is 0 Å². The number of amides is 2. The van der Waals surface area contributed by atoms with Crippen LogP contribution in [0.5, 0.6) is 11.5 Å². The zero-order valence-electron chi connectivity index (χ0n) is 21.3. The van der Waals surface area contributed by atoms with E-state index in [1.165, 1.54) is 0 Å². The van der Waals surface area contributed by atoms with Gasteiger partial charge in [-0.2, -0.15) is 0 Å². The third-order valence-electron chi connectivity index (χ3n) is 5.43. The molecule has 0 saturated carbocycles. The summed E-state index contributed by atoms with van der Waals surface area (Å²) in [4.78, 5) is 29.8. The van der Waals surface area contributed by atoms with Crippen molar-refractivity contribution in [3.63, 3.8) is 0 Å². The van der Waals surface area contributed by atoms with Crippen LogP contribution < -0.4 is 9.47 Å². The van der Waals surface area contributed by atoms with Crippen LogP contribution in [0.4, 0.5) is 0 Å². The number of carbonyl (C=O) groups is 2. The Morgan fingerprint density at radius 1 is 0.971 bits per heavy atom. The van der Waals surface area contributed by atoms with Gasteiger partial charge in [0, 0.05) is 32.2 Å². The van der Waals surface area contributed by atoms with Crippen LogP contribution in [-0.2, 0) is 27.3 Å². The molecule has 0 fully saturated rings. The Labute approximate surface area is 202 Å². The van der Waals surface area contributed by atoms with E-state index < -0.39 is 5.41 Å². The topological polar surface area (TPSA) is 81.5 Å². The van der Waals surface area contributed by atoms with Crippen LogP contribution in [0.2, 0.25) is 0 Å². The first-order chi connectivity index (χ1) is 16.2. The van der Waals surface area contributed by atoms with Crippen molar-refractivity contribution in [1.29, 1.82) is 0 Å². The molecule has 1 heterocycles. The SMILES string of the molecule is COCCCN(CC(=O)N(CCc1ccc(OC)c(OC)c1)Cc1ccco1)C(=O)C(C)(C)C. The third-order valence-corrected chi connectivity index (χ3v) is 5.43. The van der Waals surface area contributed by atoms with Crippen LogP contribution in [0.15, 0.2) is 41.0 Å². The second kappa shape index (κ2) is 13.0. The average Bonchev–Trinajstić information content (AvgIpc) is 3.33. The minimum absolute atomic E-state index is 0.00641. The molecule has 2 amide bonds. The highest BCUT2D eigenvalue weighted by Gasteiger charge is 2.29. The van der Waals surface area contributed by atoms with Crippen molar-refractivity contribution in [2.75, 3.05) is 47.6 Å². The Hall–Kier alpha value is -3.00. The molecule has 0 atom stereocenters. The molecule has 0 aliphatic heterocycles. The molecular formula is C26H38N2O6. The Morgan fingerprint density at radius 2 is 1.71 bits per heavy atom. The lowest BCUT2D eigenvalue weighted by atomic mass is 9.94. The van der Waals surface area contributed by atoms with Crippen molar-refractivity contribution in [3.05, 3.63) is 47.9 Å². The van der Waals surface area contributed by atoms with Gasteiger partial charge in [-0.05, 0) is 42.7 Å². The van der Waals surface area contributed by atoms with Crippen molar-refractivity contribution in [2.45, 2.75) is 40.2 Å². The van der Waals surface area contributed by atoms with Gasteiger partial charge in [0.2, 0.25) is 11.8 Å². The summed E-state index contributed by atoms with van der Waals surface area (Å²) in [6.45, 7) is 7.37. The maximum atomic E-state index is 13.4. The molecule has 8 heteroatoms. The number of hydrogen-bond acceptors (Lipinski definition) is 6. The van der Waals surface area contributed by atoms with Gasteiger partial charge in [-0.3, -0.25) is 9.59 Å². The molecule has 188 valence electrons. The van der Waals surface area contributed by atoms with Gasteiger partial charge >= 0.3 is 0 Å². The van der Waals surface area contributed by atoms with Crippen molar-refractivity contribution < 1.29 is 28.2 Å². The molecule has 0 unspecified atom stereocenters.